The molecule has 0 saturated carbocycles. The molecule has 2 rings (SSSR count). The molecule has 0 radical (unpaired) electrons. The van der Waals surface area contributed by atoms with Gasteiger partial charge in [-0.2, -0.15) is 4.31 Å². The molecule has 0 spiro atoms. The lowest BCUT2D eigenvalue weighted by molar-refractivity contribution is 0.0905. The van der Waals surface area contributed by atoms with Crippen molar-refractivity contribution < 1.29 is 22.7 Å². The van der Waals surface area contributed by atoms with Crippen LogP contribution < -0.4 is 10.1 Å². The number of methoxy groups -OCH3 is 2. The van der Waals surface area contributed by atoms with Gasteiger partial charge in [-0.15, -0.1) is 0 Å². The summed E-state index contributed by atoms with van der Waals surface area (Å²) in [7, 11) is 0.786. The Kier molecular flexibility index (Phi) is 8.04. The van der Waals surface area contributed by atoms with Crippen molar-refractivity contribution in [1.29, 1.82) is 0 Å². The molecule has 29 heavy (non-hydrogen) atoms. The van der Waals surface area contributed by atoms with Crippen LogP contribution in [0.1, 0.15) is 22.8 Å². The third-order valence-electron chi connectivity index (χ3n) is 4.25. The van der Waals surface area contributed by atoms with E-state index in [1.54, 1.807) is 25.3 Å². The highest BCUT2D eigenvalue weighted by Gasteiger charge is 2.23. The van der Waals surface area contributed by atoms with Gasteiger partial charge in [-0.25, -0.2) is 8.42 Å². The molecule has 1 atom stereocenters. The zero-order valence-electron chi connectivity index (χ0n) is 16.8. The van der Waals surface area contributed by atoms with Crippen LogP contribution in [-0.4, -0.2) is 52.5 Å². The van der Waals surface area contributed by atoms with Gasteiger partial charge in [0.15, 0.2) is 0 Å². The summed E-state index contributed by atoms with van der Waals surface area (Å²) in [4.78, 5) is 12.6. The van der Waals surface area contributed by atoms with E-state index in [0.717, 1.165) is 0 Å². The number of carbonyl (C=O) groups excluding carboxylic acids is 1. The Labute approximate surface area is 176 Å². The molecular formula is C20H25ClN2O5S. The zero-order valence-corrected chi connectivity index (χ0v) is 18.4. The molecule has 0 unspecified atom stereocenters. The van der Waals surface area contributed by atoms with Crippen LogP contribution in [0.25, 0.3) is 0 Å². The van der Waals surface area contributed by atoms with E-state index in [9.17, 15) is 13.2 Å². The molecule has 0 aliphatic heterocycles. The van der Waals surface area contributed by atoms with E-state index in [-0.39, 0.29) is 23.4 Å². The summed E-state index contributed by atoms with van der Waals surface area (Å²) in [5, 5.41) is 3.28. The lowest BCUT2D eigenvalue weighted by atomic mass is 10.1. The number of hydrogen-bond acceptors (Lipinski definition) is 5. The summed E-state index contributed by atoms with van der Waals surface area (Å²) in [5.74, 6) is 0.214. The second-order valence-electron chi connectivity index (χ2n) is 6.57. The van der Waals surface area contributed by atoms with Gasteiger partial charge >= 0.3 is 0 Å². The predicted octanol–water partition coefficient (Wildman–Crippen LogP) is 2.93. The molecule has 0 heterocycles. The van der Waals surface area contributed by atoms with Crippen LogP contribution in [0.15, 0.2) is 47.4 Å². The SMILES string of the molecule is COC[C@@H](C)NC(=O)c1ccc(OC)c(CN(C)S(=O)(=O)c2ccc(Cl)cc2)c1. The number of ether oxygens (including phenoxy) is 2. The second kappa shape index (κ2) is 10.1. The lowest BCUT2D eigenvalue weighted by Gasteiger charge is -2.20. The van der Waals surface area contributed by atoms with E-state index in [2.05, 4.69) is 5.32 Å². The van der Waals surface area contributed by atoms with Crippen LogP contribution in [0, 0.1) is 0 Å². The average molecular weight is 441 g/mol. The molecular weight excluding hydrogens is 416 g/mol. The van der Waals surface area contributed by atoms with Crippen LogP contribution in [0.5, 0.6) is 5.75 Å². The highest BCUT2D eigenvalue weighted by Crippen LogP contribution is 2.25. The van der Waals surface area contributed by atoms with Gasteiger partial charge in [0.05, 0.1) is 18.6 Å². The number of nitrogens with zero attached hydrogens (tertiary/aromatic N) is 1. The minimum atomic E-state index is -3.74. The number of nitrogens with one attached hydrogen (secondary N) is 1. The normalized spacial score (nSPS) is 12.6. The Morgan fingerprint density at radius 1 is 1.17 bits per heavy atom. The fourth-order valence-corrected chi connectivity index (χ4v) is 4.03. The fourth-order valence-electron chi connectivity index (χ4n) is 2.75. The van der Waals surface area contributed by atoms with Crippen molar-refractivity contribution >= 4 is 27.5 Å². The maximum absolute atomic E-state index is 12.8. The molecule has 2 aromatic rings. The predicted molar refractivity (Wildman–Crippen MR) is 112 cm³/mol. The van der Waals surface area contributed by atoms with Gasteiger partial charge in [-0.1, -0.05) is 11.6 Å². The van der Waals surface area contributed by atoms with Crippen molar-refractivity contribution in [1.82, 2.24) is 9.62 Å². The fraction of sp³-hybridized carbons (Fsp3) is 0.350. The Balaban J connectivity index is 2.26. The van der Waals surface area contributed by atoms with Crippen LogP contribution in [-0.2, 0) is 21.3 Å². The molecule has 7 nitrogen and oxygen atoms in total. The van der Waals surface area contributed by atoms with Crippen molar-refractivity contribution in [2.75, 3.05) is 27.9 Å². The zero-order chi connectivity index (χ0) is 21.6. The van der Waals surface area contributed by atoms with E-state index in [1.165, 1.54) is 42.7 Å². The van der Waals surface area contributed by atoms with E-state index < -0.39 is 10.0 Å². The van der Waals surface area contributed by atoms with Crippen molar-refractivity contribution in [3.63, 3.8) is 0 Å². The third kappa shape index (κ3) is 5.93. The topological polar surface area (TPSA) is 84.9 Å². The molecule has 0 bridgehead atoms. The highest BCUT2D eigenvalue weighted by atomic mass is 35.5. The Hall–Kier alpha value is -2.13. The number of benzene rings is 2. The smallest absolute Gasteiger partial charge is 0.251 e. The number of amides is 1. The summed E-state index contributed by atoms with van der Waals surface area (Å²) in [6.07, 6.45) is 0. The van der Waals surface area contributed by atoms with Gasteiger partial charge in [-0.3, -0.25) is 4.79 Å². The Bertz CT molecular complexity index is 948. The van der Waals surface area contributed by atoms with Gasteiger partial charge in [0.1, 0.15) is 5.75 Å². The largest absolute Gasteiger partial charge is 0.496 e. The van der Waals surface area contributed by atoms with Crippen LogP contribution in [0.2, 0.25) is 5.02 Å². The van der Waals surface area contributed by atoms with E-state index in [1.807, 2.05) is 6.92 Å². The molecule has 0 saturated heterocycles. The van der Waals surface area contributed by atoms with Gasteiger partial charge in [0.25, 0.3) is 5.91 Å². The summed E-state index contributed by atoms with van der Waals surface area (Å²) < 4.78 is 37.2. The van der Waals surface area contributed by atoms with E-state index >= 15 is 0 Å². The molecule has 0 fully saturated rings. The van der Waals surface area contributed by atoms with Crippen molar-refractivity contribution in [2.45, 2.75) is 24.4 Å². The van der Waals surface area contributed by atoms with Crippen molar-refractivity contribution in [2.24, 2.45) is 0 Å². The number of halogens is 1. The first-order valence-electron chi connectivity index (χ1n) is 8.87. The van der Waals surface area contributed by atoms with Crippen LogP contribution in [0.4, 0.5) is 0 Å². The van der Waals surface area contributed by atoms with Crippen LogP contribution in [0.3, 0.4) is 0 Å². The molecule has 158 valence electrons. The Morgan fingerprint density at radius 2 is 1.83 bits per heavy atom. The minimum Gasteiger partial charge on any atom is -0.496 e. The van der Waals surface area contributed by atoms with Gasteiger partial charge in [0, 0.05) is 42.9 Å². The number of sulfonamides is 1. The lowest BCUT2D eigenvalue weighted by Crippen LogP contribution is -2.35. The maximum atomic E-state index is 12.8. The summed E-state index contributed by atoms with van der Waals surface area (Å²) in [6.45, 7) is 2.25. The summed E-state index contributed by atoms with van der Waals surface area (Å²) in [6, 6.07) is 10.7. The van der Waals surface area contributed by atoms with E-state index in [4.69, 9.17) is 21.1 Å². The first kappa shape index (κ1) is 23.2. The first-order chi connectivity index (χ1) is 13.7. The first-order valence-corrected chi connectivity index (χ1v) is 10.7. The minimum absolute atomic E-state index is 0.0306. The molecule has 0 aromatic heterocycles. The highest BCUT2D eigenvalue weighted by molar-refractivity contribution is 7.89. The maximum Gasteiger partial charge on any atom is 0.251 e. The molecule has 1 N–H and O–H groups in total. The van der Waals surface area contributed by atoms with Gasteiger partial charge < -0.3 is 14.8 Å². The van der Waals surface area contributed by atoms with Crippen molar-refractivity contribution in [3.05, 3.63) is 58.6 Å². The molecule has 9 heteroatoms. The third-order valence-corrected chi connectivity index (χ3v) is 6.32. The monoisotopic (exact) mass is 440 g/mol. The van der Waals surface area contributed by atoms with E-state index in [0.29, 0.717) is 28.5 Å². The van der Waals surface area contributed by atoms with Crippen molar-refractivity contribution in [3.8, 4) is 5.75 Å². The Morgan fingerprint density at radius 3 is 2.41 bits per heavy atom. The number of hydrogen-bond donors (Lipinski definition) is 1. The molecule has 1 amide bonds. The molecule has 0 aliphatic rings. The van der Waals surface area contributed by atoms with Gasteiger partial charge in [0.2, 0.25) is 10.0 Å². The average Bonchev–Trinajstić information content (AvgIpc) is 2.68. The number of carbonyl (C=O) groups is 1. The quantitative estimate of drug-likeness (QED) is 0.648. The summed E-state index contributed by atoms with van der Waals surface area (Å²) >= 11 is 5.84. The number of rotatable bonds is 9. The summed E-state index contributed by atoms with van der Waals surface area (Å²) in [5.41, 5.74) is 0.973. The second-order valence-corrected chi connectivity index (χ2v) is 9.05. The van der Waals surface area contributed by atoms with Crippen LogP contribution >= 0.6 is 11.6 Å². The standard InChI is InChI=1S/C20H25ClN2O5S/c1-14(13-27-3)22-20(24)15-5-10-19(28-4)16(11-15)12-23(2)29(25,26)18-8-6-17(21)7-9-18/h5-11,14H,12-13H2,1-4H3,(H,22,24)/t14-/m1/s1. The van der Waals surface area contributed by atoms with Gasteiger partial charge in [-0.05, 0) is 49.4 Å². The molecule has 2 aromatic carbocycles. The molecule has 0 aliphatic carbocycles.